The van der Waals surface area contributed by atoms with E-state index in [4.69, 9.17) is 15.1 Å². The van der Waals surface area contributed by atoms with E-state index < -0.39 is 11.6 Å². The molecule has 1 aromatic carbocycles. The molecule has 6 rings (SSSR count). The Kier molecular flexibility index (Phi) is 7.71. The Morgan fingerprint density at radius 2 is 1.93 bits per heavy atom. The van der Waals surface area contributed by atoms with Crippen LogP contribution in [-0.4, -0.2) is 40.6 Å². The lowest BCUT2D eigenvalue weighted by molar-refractivity contribution is 0.360. The van der Waals surface area contributed by atoms with Crippen LogP contribution >= 0.6 is 0 Å². The van der Waals surface area contributed by atoms with Crippen molar-refractivity contribution < 1.29 is 4.39 Å². The fourth-order valence-corrected chi connectivity index (χ4v) is 7.68. The van der Waals surface area contributed by atoms with E-state index in [1.54, 1.807) is 0 Å². The zero-order valence-corrected chi connectivity index (χ0v) is 25.6. The Hall–Kier alpha value is -2.76. The van der Waals surface area contributed by atoms with Crippen molar-refractivity contribution in [1.82, 2.24) is 9.78 Å². The van der Waals surface area contributed by atoms with Crippen molar-refractivity contribution in [3.63, 3.8) is 0 Å². The standard InChI is InChI=1S/C35H48FN5/c1-6-10-28-19-32(39-40(28)5)34(16-7-2)17-15-25(20-34)23-41(24(4)35(8-3)21-31(35)36)29-12-9-11-27(18-29)30-22-37-33(38-30)26-13-14-26/h9,11-12,18-19,25-26,31H,4,6-8,10,13-17,20-23H2,1-3,5H3. The maximum Gasteiger partial charge on any atom is 0.127 e. The highest BCUT2D eigenvalue weighted by molar-refractivity contribution is 6.13. The molecule has 220 valence electrons. The van der Waals surface area contributed by atoms with Crippen molar-refractivity contribution in [2.75, 3.05) is 18.0 Å². The Morgan fingerprint density at radius 3 is 2.61 bits per heavy atom. The van der Waals surface area contributed by atoms with Gasteiger partial charge in [-0.3, -0.25) is 9.67 Å². The Balaban J connectivity index is 1.27. The van der Waals surface area contributed by atoms with Crippen molar-refractivity contribution in [2.45, 2.75) is 103 Å². The van der Waals surface area contributed by atoms with Crippen molar-refractivity contribution >= 4 is 17.2 Å². The van der Waals surface area contributed by atoms with Gasteiger partial charge in [0, 0.05) is 47.4 Å². The summed E-state index contributed by atoms with van der Waals surface area (Å²) in [5, 5.41) is 5.07. The number of aliphatic imine (C=N–C) groups is 2. The molecule has 3 aliphatic carbocycles. The van der Waals surface area contributed by atoms with Crippen LogP contribution in [-0.2, 0) is 18.9 Å². The average molecular weight is 558 g/mol. The van der Waals surface area contributed by atoms with E-state index in [1.165, 1.54) is 24.2 Å². The van der Waals surface area contributed by atoms with Crippen molar-refractivity contribution in [3.05, 3.63) is 59.6 Å². The second-order valence-electron chi connectivity index (χ2n) is 13.3. The maximum atomic E-state index is 14.9. The second kappa shape index (κ2) is 11.1. The minimum absolute atomic E-state index is 0.123. The molecule has 0 radical (unpaired) electrons. The number of benzene rings is 1. The van der Waals surface area contributed by atoms with Gasteiger partial charge in [-0.25, -0.2) is 9.38 Å². The largest absolute Gasteiger partial charge is 0.345 e. The Bertz CT molecular complexity index is 1350. The van der Waals surface area contributed by atoms with Crippen molar-refractivity contribution in [1.29, 1.82) is 0 Å². The topological polar surface area (TPSA) is 45.8 Å². The van der Waals surface area contributed by atoms with Gasteiger partial charge in [0.15, 0.2) is 0 Å². The number of anilines is 1. The van der Waals surface area contributed by atoms with Gasteiger partial charge in [-0.05, 0) is 87.5 Å². The number of allylic oxidation sites excluding steroid dienone is 1. The summed E-state index contributed by atoms with van der Waals surface area (Å²) in [6.45, 7) is 12.8. The predicted octanol–water partition coefficient (Wildman–Crippen LogP) is 7.98. The third-order valence-electron chi connectivity index (χ3n) is 10.5. The SMILES string of the molecule is C=C(N(CC1CCC(CCC)(c2cc(CCC)n(C)n2)C1)c1cccc(C2=NC(C3CC3)=NC2)c1)C1(CC)CC1F. The molecule has 4 atom stereocenters. The van der Waals surface area contributed by atoms with E-state index in [0.29, 0.717) is 24.8 Å². The fourth-order valence-electron chi connectivity index (χ4n) is 7.68. The number of aryl methyl sites for hydroxylation is 2. The van der Waals surface area contributed by atoms with E-state index in [1.807, 2.05) is 0 Å². The molecule has 3 saturated carbocycles. The molecule has 3 fully saturated rings. The van der Waals surface area contributed by atoms with Crippen LogP contribution in [0.2, 0.25) is 0 Å². The maximum absolute atomic E-state index is 14.9. The summed E-state index contributed by atoms with van der Waals surface area (Å²) in [5.41, 5.74) is 6.55. The minimum Gasteiger partial charge on any atom is -0.345 e. The summed E-state index contributed by atoms with van der Waals surface area (Å²) in [5.74, 6) is 2.10. The van der Waals surface area contributed by atoms with Crippen LogP contribution in [0.3, 0.4) is 0 Å². The van der Waals surface area contributed by atoms with Crippen LogP contribution in [0.15, 0.2) is 52.6 Å². The number of halogens is 1. The molecule has 0 bridgehead atoms. The van der Waals surface area contributed by atoms with Crippen LogP contribution in [0.4, 0.5) is 10.1 Å². The first-order chi connectivity index (χ1) is 19.8. The van der Waals surface area contributed by atoms with Crippen molar-refractivity contribution in [2.24, 2.45) is 34.3 Å². The molecule has 2 heterocycles. The monoisotopic (exact) mass is 557 g/mol. The number of amidine groups is 1. The molecule has 0 amide bonds. The first kappa shape index (κ1) is 28.4. The lowest BCUT2D eigenvalue weighted by Gasteiger charge is -2.35. The normalized spacial score (nSPS) is 29.0. The molecule has 0 saturated heterocycles. The van der Waals surface area contributed by atoms with Crippen LogP contribution in [0.25, 0.3) is 0 Å². The third-order valence-corrected chi connectivity index (χ3v) is 10.5. The molecule has 0 N–H and O–H groups in total. The number of alkyl halides is 1. The first-order valence-corrected chi connectivity index (χ1v) is 16.2. The molecule has 4 aliphatic rings. The van der Waals surface area contributed by atoms with E-state index >= 15 is 0 Å². The fraction of sp³-hybridized carbons (Fsp3) is 0.629. The molecule has 5 nitrogen and oxygen atoms in total. The number of nitrogens with zero attached hydrogens (tertiary/aromatic N) is 5. The molecule has 0 spiro atoms. The summed E-state index contributed by atoms with van der Waals surface area (Å²) in [4.78, 5) is 12.0. The quantitative estimate of drug-likeness (QED) is 0.251. The minimum atomic E-state index is -0.798. The Morgan fingerprint density at radius 1 is 1.12 bits per heavy atom. The summed E-state index contributed by atoms with van der Waals surface area (Å²) < 4.78 is 17.0. The number of hydrogen-bond donors (Lipinski definition) is 0. The van der Waals surface area contributed by atoms with Crippen molar-refractivity contribution in [3.8, 4) is 0 Å². The van der Waals surface area contributed by atoms with Gasteiger partial charge in [0.1, 0.15) is 12.0 Å². The summed E-state index contributed by atoms with van der Waals surface area (Å²) in [6, 6.07) is 11.1. The highest BCUT2D eigenvalue weighted by atomic mass is 19.1. The number of aromatic nitrogens is 2. The van der Waals surface area contributed by atoms with Gasteiger partial charge in [0.25, 0.3) is 0 Å². The van der Waals surface area contributed by atoms with Gasteiger partial charge in [0.2, 0.25) is 0 Å². The van der Waals surface area contributed by atoms with Crippen LogP contribution in [0.5, 0.6) is 0 Å². The van der Waals surface area contributed by atoms with E-state index in [0.717, 1.165) is 86.4 Å². The van der Waals surface area contributed by atoms with E-state index in [2.05, 4.69) is 74.3 Å². The molecule has 2 aromatic rings. The summed E-state index contributed by atoms with van der Waals surface area (Å²) in [7, 11) is 2.10. The van der Waals surface area contributed by atoms with Gasteiger partial charge in [-0.2, -0.15) is 5.10 Å². The van der Waals surface area contributed by atoms with Crippen LogP contribution in [0, 0.1) is 17.3 Å². The zero-order valence-electron chi connectivity index (χ0n) is 25.6. The third kappa shape index (κ3) is 5.32. The number of rotatable bonds is 13. The van der Waals surface area contributed by atoms with Crippen LogP contribution < -0.4 is 4.90 Å². The van der Waals surface area contributed by atoms with E-state index in [9.17, 15) is 4.39 Å². The summed E-state index contributed by atoms with van der Waals surface area (Å²) >= 11 is 0. The molecular weight excluding hydrogens is 509 g/mol. The van der Waals surface area contributed by atoms with Gasteiger partial charge in [-0.1, -0.05) is 52.3 Å². The average Bonchev–Trinajstić information content (AvgIpc) is 3.76. The lowest BCUT2D eigenvalue weighted by Crippen LogP contribution is -2.33. The highest BCUT2D eigenvalue weighted by Crippen LogP contribution is 2.58. The van der Waals surface area contributed by atoms with Crippen LogP contribution in [0.1, 0.15) is 102 Å². The van der Waals surface area contributed by atoms with Gasteiger partial charge >= 0.3 is 0 Å². The number of hydrogen-bond acceptors (Lipinski definition) is 4. The Labute approximate surface area is 246 Å². The molecular formula is C35H48FN5. The summed E-state index contributed by atoms with van der Waals surface area (Å²) in [6.07, 6.45) is 11.0. The molecule has 41 heavy (non-hydrogen) atoms. The van der Waals surface area contributed by atoms with Gasteiger partial charge < -0.3 is 4.90 Å². The highest BCUT2D eigenvalue weighted by Gasteiger charge is 2.57. The second-order valence-corrected chi connectivity index (χ2v) is 13.3. The zero-order chi connectivity index (χ0) is 28.8. The smallest absolute Gasteiger partial charge is 0.127 e. The van der Waals surface area contributed by atoms with Gasteiger partial charge in [-0.15, -0.1) is 0 Å². The molecule has 1 aromatic heterocycles. The van der Waals surface area contributed by atoms with Gasteiger partial charge in [0.05, 0.1) is 18.0 Å². The molecule has 1 aliphatic heterocycles. The first-order valence-electron chi connectivity index (χ1n) is 16.2. The van der Waals surface area contributed by atoms with E-state index in [-0.39, 0.29) is 5.41 Å². The predicted molar refractivity (Wildman–Crippen MR) is 168 cm³/mol. The molecule has 6 heteroatoms. The molecule has 4 unspecified atom stereocenters. The lowest BCUT2D eigenvalue weighted by atomic mass is 9.77.